The van der Waals surface area contributed by atoms with E-state index >= 15 is 0 Å². The molecule has 1 N–H and O–H groups in total. The summed E-state index contributed by atoms with van der Waals surface area (Å²) in [5, 5.41) is 3.82. The van der Waals surface area contributed by atoms with E-state index in [2.05, 4.69) is 30.5 Å². The third-order valence-electron chi connectivity index (χ3n) is 4.55. The van der Waals surface area contributed by atoms with E-state index in [-0.39, 0.29) is 19.6 Å². The molecule has 27 heavy (non-hydrogen) atoms. The fourth-order valence-electron chi connectivity index (χ4n) is 3.09. The Morgan fingerprint density at radius 3 is 1.96 bits per heavy atom. The molecule has 1 aromatic carbocycles. The minimum absolute atomic E-state index is 0.115. The predicted molar refractivity (Wildman–Crippen MR) is 107 cm³/mol. The van der Waals surface area contributed by atoms with Gasteiger partial charge >= 0.3 is 11.9 Å². The summed E-state index contributed by atoms with van der Waals surface area (Å²) in [4.78, 5) is 37.0. The van der Waals surface area contributed by atoms with Crippen molar-refractivity contribution in [1.29, 1.82) is 0 Å². The zero-order valence-corrected chi connectivity index (χ0v) is 18.0. The highest BCUT2D eigenvalue weighted by molar-refractivity contribution is 6.89. The third-order valence-corrected chi connectivity index (χ3v) is 8.05. The number of esters is 2. The Morgan fingerprint density at radius 1 is 1.00 bits per heavy atom. The second kappa shape index (κ2) is 10.3. The van der Waals surface area contributed by atoms with Crippen molar-refractivity contribution in [3.05, 3.63) is 30.3 Å². The van der Waals surface area contributed by atoms with Crippen molar-refractivity contribution in [3.63, 3.8) is 0 Å². The van der Waals surface area contributed by atoms with Crippen LogP contribution in [-0.2, 0) is 23.9 Å². The van der Waals surface area contributed by atoms with Crippen LogP contribution in [0.5, 0.6) is 0 Å². The van der Waals surface area contributed by atoms with Gasteiger partial charge in [0.2, 0.25) is 11.4 Å². The first-order chi connectivity index (χ1) is 12.7. The Kier molecular flexibility index (Phi) is 8.69. The monoisotopic (exact) mass is 393 g/mol. The molecule has 0 radical (unpaired) electrons. The number of rotatable bonds is 10. The third kappa shape index (κ3) is 6.20. The van der Waals surface area contributed by atoms with Crippen LogP contribution in [0.15, 0.2) is 30.3 Å². The molecule has 6 nitrogen and oxygen atoms in total. The maximum Gasteiger partial charge on any atom is 0.343 e. The summed E-state index contributed by atoms with van der Waals surface area (Å²) < 4.78 is 10.2. The summed E-state index contributed by atoms with van der Waals surface area (Å²) in [6, 6.07) is 11.1. The van der Waals surface area contributed by atoms with Gasteiger partial charge in [-0.3, -0.25) is 4.79 Å². The molecule has 0 unspecified atom stereocenters. The van der Waals surface area contributed by atoms with Gasteiger partial charge in [-0.05, 0) is 20.3 Å². The number of ether oxygens (including phenoxy) is 2. The van der Waals surface area contributed by atoms with Crippen molar-refractivity contribution in [2.75, 3.05) is 13.2 Å². The Bertz CT molecular complexity index is 627. The SMILES string of the molecule is CCOC(=O)C(CCC[Si](C)(C)c1ccccc1)(NC(C)=O)C(=O)OCC. The highest BCUT2D eigenvalue weighted by Gasteiger charge is 2.49. The molecule has 0 atom stereocenters. The van der Waals surface area contributed by atoms with Gasteiger partial charge in [0, 0.05) is 6.92 Å². The maximum atomic E-state index is 12.6. The Morgan fingerprint density at radius 2 is 1.52 bits per heavy atom. The van der Waals surface area contributed by atoms with E-state index in [4.69, 9.17) is 9.47 Å². The number of hydrogen-bond acceptors (Lipinski definition) is 5. The highest BCUT2D eigenvalue weighted by atomic mass is 28.3. The summed E-state index contributed by atoms with van der Waals surface area (Å²) in [5.41, 5.74) is -1.79. The van der Waals surface area contributed by atoms with Crippen molar-refractivity contribution in [1.82, 2.24) is 5.32 Å². The first kappa shape index (κ1) is 22.9. The second-order valence-electron chi connectivity index (χ2n) is 7.13. The summed E-state index contributed by atoms with van der Waals surface area (Å²) >= 11 is 0. The van der Waals surface area contributed by atoms with Gasteiger partial charge in [0.05, 0.1) is 21.3 Å². The van der Waals surface area contributed by atoms with Gasteiger partial charge in [-0.25, -0.2) is 9.59 Å². The predicted octanol–water partition coefficient (Wildman–Crippen LogP) is 2.38. The molecule has 0 spiro atoms. The van der Waals surface area contributed by atoms with E-state index in [9.17, 15) is 14.4 Å². The normalized spacial score (nSPS) is 11.6. The minimum atomic E-state index is -1.79. The van der Waals surface area contributed by atoms with Gasteiger partial charge in [-0.1, -0.05) is 61.1 Å². The molecule has 7 heteroatoms. The topological polar surface area (TPSA) is 81.7 Å². The number of amides is 1. The maximum absolute atomic E-state index is 12.6. The zero-order valence-electron chi connectivity index (χ0n) is 17.0. The lowest BCUT2D eigenvalue weighted by Gasteiger charge is -2.31. The van der Waals surface area contributed by atoms with Crippen LogP contribution in [0.25, 0.3) is 0 Å². The van der Waals surface area contributed by atoms with Crippen LogP contribution < -0.4 is 10.5 Å². The Hall–Kier alpha value is -2.15. The van der Waals surface area contributed by atoms with Crippen molar-refractivity contribution in [2.45, 2.75) is 58.3 Å². The fourth-order valence-corrected chi connectivity index (χ4v) is 5.53. The smallest absolute Gasteiger partial charge is 0.343 e. The highest BCUT2D eigenvalue weighted by Crippen LogP contribution is 2.23. The van der Waals surface area contributed by atoms with Crippen LogP contribution in [0.3, 0.4) is 0 Å². The minimum Gasteiger partial charge on any atom is -0.464 e. The zero-order chi connectivity index (χ0) is 20.5. The quantitative estimate of drug-likeness (QED) is 0.375. The second-order valence-corrected chi connectivity index (χ2v) is 12.0. The number of benzene rings is 1. The number of hydrogen-bond donors (Lipinski definition) is 1. The molecule has 0 aliphatic heterocycles. The first-order valence-electron chi connectivity index (χ1n) is 9.38. The molecular weight excluding hydrogens is 362 g/mol. The van der Waals surface area contributed by atoms with Crippen molar-refractivity contribution >= 4 is 31.1 Å². The largest absolute Gasteiger partial charge is 0.464 e. The van der Waals surface area contributed by atoms with Gasteiger partial charge in [0.1, 0.15) is 0 Å². The fraction of sp³-hybridized carbons (Fsp3) is 0.550. The van der Waals surface area contributed by atoms with Crippen LogP contribution in [0.4, 0.5) is 0 Å². The molecule has 0 saturated heterocycles. The molecule has 0 aliphatic rings. The van der Waals surface area contributed by atoms with Crippen LogP contribution >= 0.6 is 0 Å². The average molecular weight is 394 g/mol. The molecule has 150 valence electrons. The number of carbonyl (C=O) groups is 3. The lowest BCUT2D eigenvalue weighted by atomic mass is 9.93. The lowest BCUT2D eigenvalue weighted by molar-refractivity contribution is -0.168. The van der Waals surface area contributed by atoms with E-state index in [1.54, 1.807) is 13.8 Å². The lowest BCUT2D eigenvalue weighted by Crippen LogP contribution is -2.61. The van der Waals surface area contributed by atoms with Crippen molar-refractivity contribution < 1.29 is 23.9 Å². The standard InChI is InChI=1S/C20H31NO5Si/c1-6-25-18(23)20(21-16(3)22,19(24)26-7-2)14-11-15-27(4,5)17-12-9-8-10-13-17/h8-10,12-13H,6-7,11,14-15H2,1-5H3,(H,21,22). The van der Waals surface area contributed by atoms with Crippen LogP contribution in [0.1, 0.15) is 33.6 Å². The van der Waals surface area contributed by atoms with E-state index in [1.165, 1.54) is 12.1 Å². The van der Waals surface area contributed by atoms with E-state index in [0.29, 0.717) is 6.42 Å². The summed E-state index contributed by atoms with van der Waals surface area (Å²) in [6.07, 6.45) is 0.736. The molecule has 0 fully saturated rings. The van der Waals surface area contributed by atoms with Crippen molar-refractivity contribution in [2.24, 2.45) is 0 Å². The van der Waals surface area contributed by atoms with Gasteiger partial charge in [0.15, 0.2) is 0 Å². The van der Waals surface area contributed by atoms with Gasteiger partial charge in [-0.15, -0.1) is 0 Å². The number of nitrogens with one attached hydrogen (secondary N) is 1. The van der Waals surface area contributed by atoms with Crippen molar-refractivity contribution in [3.8, 4) is 0 Å². The summed E-state index contributed by atoms with van der Waals surface area (Å²) in [5.74, 6) is -2.01. The van der Waals surface area contributed by atoms with Gasteiger partial charge in [0.25, 0.3) is 0 Å². The molecule has 0 bridgehead atoms. The van der Waals surface area contributed by atoms with E-state index < -0.39 is 31.5 Å². The van der Waals surface area contributed by atoms with Gasteiger partial charge in [-0.2, -0.15) is 0 Å². The van der Waals surface area contributed by atoms with Crippen LogP contribution in [-0.4, -0.2) is 44.7 Å². The van der Waals surface area contributed by atoms with E-state index in [1.807, 2.05) is 18.2 Å². The Labute approximate surface area is 162 Å². The summed E-state index contributed by atoms with van der Waals surface area (Å²) in [7, 11) is -1.74. The molecule has 0 aliphatic carbocycles. The average Bonchev–Trinajstić information content (AvgIpc) is 2.61. The molecule has 1 amide bonds. The van der Waals surface area contributed by atoms with E-state index in [0.717, 1.165) is 6.04 Å². The molecule has 1 rings (SSSR count). The Balaban J connectivity index is 3.03. The van der Waals surface area contributed by atoms with Crippen LogP contribution in [0, 0.1) is 0 Å². The molecular formula is C20H31NO5Si. The molecule has 0 heterocycles. The summed E-state index contributed by atoms with van der Waals surface area (Å²) in [6.45, 7) is 9.32. The molecule has 1 aromatic rings. The number of carbonyl (C=O) groups excluding carboxylic acids is 3. The van der Waals surface area contributed by atoms with Crippen LogP contribution in [0.2, 0.25) is 19.1 Å². The first-order valence-corrected chi connectivity index (χ1v) is 12.6. The molecule has 0 saturated carbocycles. The molecule has 0 aromatic heterocycles. The van der Waals surface area contributed by atoms with Gasteiger partial charge < -0.3 is 14.8 Å².